The van der Waals surface area contributed by atoms with Crippen LogP contribution in [0, 0.1) is 0 Å². The van der Waals surface area contributed by atoms with Crippen molar-refractivity contribution in [2.45, 2.75) is 44.3 Å². The average molecular weight is 377 g/mol. The van der Waals surface area contributed by atoms with Gasteiger partial charge in [0.25, 0.3) is 0 Å². The van der Waals surface area contributed by atoms with Crippen LogP contribution < -0.4 is 27.4 Å². The second-order valence-corrected chi connectivity index (χ2v) is 5.79. The molecule has 0 saturated heterocycles. The molecule has 3 atom stereocenters. The molecule has 0 radical (unpaired) electrons. The molecule has 144 valence electrons. The Hall–Kier alpha value is -1.85. The number of thiol groups is 1. The molecule has 0 bridgehead atoms. The smallest absolute Gasteiger partial charge is 0.327 e. The van der Waals surface area contributed by atoms with Crippen molar-refractivity contribution in [2.24, 2.45) is 11.5 Å². The van der Waals surface area contributed by atoms with Gasteiger partial charge in [-0.15, -0.1) is 0 Å². The number of nitrogens with one attached hydrogen (secondary N) is 3. The molecule has 25 heavy (non-hydrogen) atoms. The number of hydrogen-bond acceptors (Lipinski definition) is 7. The zero-order chi connectivity index (χ0) is 19.4. The molecule has 0 heterocycles. The highest BCUT2D eigenvalue weighted by Gasteiger charge is 2.26. The molecule has 11 heteroatoms. The number of hydrogen-bond donors (Lipinski definition) is 7. The second kappa shape index (κ2) is 12.5. The van der Waals surface area contributed by atoms with E-state index in [4.69, 9.17) is 16.6 Å². The predicted molar refractivity (Wildman–Crippen MR) is 94.9 cm³/mol. The van der Waals surface area contributed by atoms with E-state index in [1.807, 2.05) is 0 Å². The second-order valence-electron chi connectivity index (χ2n) is 5.42. The monoisotopic (exact) mass is 377 g/mol. The third-order valence-electron chi connectivity index (χ3n) is 3.33. The quantitative estimate of drug-likeness (QED) is 0.146. The Morgan fingerprint density at radius 2 is 1.64 bits per heavy atom. The van der Waals surface area contributed by atoms with Crippen molar-refractivity contribution >= 4 is 36.3 Å². The van der Waals surface area contributed by atoms with Crippen molar-refractivity contribution in [3.63, 3.8) is 0 Å². The van der Waals surface area contributed by atoms with E-state index >= 15 is 0 Å². The average Bonchev–Trinajstić information content (AvgIpc) is 2.57. The summed E-state index contributed by atoms with van der Waals surface area (Å²) in [5.74, 6) is -3.03. The summed E-state index contributed by atoms with van der Waals surface area (Å²) in [4.78, 5) is 46.6. The Balaban J connectivity index is 4.74. The maximum absolute atomic E-state index is 12.3. The summed E-state index contributed by atoms with van der Waals surface area (Å²) in [6.07, 6.45) is 1.64. The first-order chi connectivity index (χ1) is 11.8. The van der Waals surface area contributed by atoms with Crippen molar-refractivity contribution in [1.29, 1.82) is 0 Å². The molecule has 0 aliphatic heterocycles. The predicted octanol–water partition coefficient (Wildman–Crippen LogP) is -2.44. The number of amides is 3. The summed E-state index contributed by atoms with van der Waals surface area (Å²) >= 11 is 3.84. The zero-order valence-corrected chi connectivity index (χ0v) is 15.1. The van der Waals surface area contributed by atoms with Gasteiger partial charge in [-0.3, -0.25) is 14.4 Å². The summed E-state index contributed by atoms with van der Waals surface area (Å²) < 4.78 is 0. The molecule has 0 fully saturated rings. The van der Waals surface area contributed by atoms with Crippen molar-refractivity contribution in [2.75, 3.05) is 18.8 Å². The van der Waals surface area contributed by atoms with E-state index in [0.717, 1.165) is 0 Å². The molecule has 0 aromatic rings. The van der Waals surface area contributed by atoms with Crippen LogP contribution in [-0.2, 0) is 19.2 Å². The molecule has 3 unspecified atom stereocenters. The highest BCUT2D eigenvalue weighted by Crippen LogP contribution is 2.02. The van der Waals surface area contributed by atoms with Crippen molar-refractivity contribution in [1.82, 2.24) is 16.0 Å². The Labute approximate surface area is 151 Å². The number of unbranched alkanes of at least 4 members (excludes halogenated alkanes) is 1. The lowest BCUT2D eigenvalue weighted by atomic mass is 10.1. The van der Waals surface area contributed by atoms with Crippen LogP contribution in [0.25, 0.3) is 0 Å². The van der Waals surface area contributed by atoms with E-state index in [9.17, 15) is 19.2 Å². The first-order valence-corrected chi connectivity index (χ1v) is 8.53. The van der Waals surface area contributed by atoms with Gasteiger partial charge in [0.15, 0.2) is 0 Å². The summed E-state index contributed by atoms with van der Waals surface area (Å²) in [6.45, 7) is 1.60. The van der Waals surface area contributed by atoms with Crippen molar-refractivity contribution in [3.8, 4) is 0 Å². The topological polar surface area (TPSA) is 177 Å². The lowest BCUT2D eigenvalue weighted by Crippen LogP contribution is -2.55. The van der Waals surface area contributed by atoms with Crippen LogP contribution >= 0.6 is 12.6 Å². The first-order valence-electron chi connectivity index (χ1n) is 7.90. The van der Waals surface area contributed by atoms with Gasteiger partial charge < -0.3 is 32.5 Å². The number of rotatable bonds is 12. The number of carboxylic acid groups (broad SMARTS) is 1. The number of nitrogens with two attached hydrogens (primary N) is 2. The molecule has 0 rings (SSSR count). The molecular formula is C14H27N5O5S. The van der Waals surface area contributed by atoms with Gasteiger partial charge in [0, 0.05) is 5.75 Å². The molecular weight excluding hydrogens is 350 g/mol. The van der Waals surface area contributed by atoms with Gasteiger partial charge in [0.1, 0.15) is 18.1 Å². The van der Waals surface area contributed by atoms with Gasteiger partial charge in [-0.1, -0.05) is 0 Å². The van der Waals surface area contributed by atoms with Gasteiger partial charge in [-0.05, 0) is 32.7 Å². The fraction of sp³-hybridized carbons (Fsp3) is 0.714. The molecule has 0 aliphatic rings. The van der Waals surface area contributed by atoms with E-state index in [1.165, 1.54) is 6.92 Å². The highest BCUT2D eigenvalue weighted by atomic mass is 32.1. The van der Waals surface area contributed by atoms with Crippen molar-refractivity contribution < 1.29 is 24.3 Å². The van der Waals surface area contributed by atoms with E-state index in [1.54, 1.807) is 0 Å². The molecule has 3 amide bonds. The summed E-state index contributed by atoms with van der Waals surface area (Å²) in [5, 5.41) is 16.1. The van der Waals surface area contributed by atoms with Gasteiger partial charge in [-0.2, -0.15) is 12.6 Å². The van der Waals surface area contributed by atoms with Gasteiger partial charge in [0.05, 0.1) is 6.54 Å². The molecule has 10 nitrogen and oxygen atoms in total. The summed E-state index contributed by atoms with van der Waals surface area (Å²) in [7, 11) is 0. The lowest BCUT2D eigenvalue weighted by Gasteiger charge is -2.22. The Morgan fingerprint density at radius 1 is 1.00 bits per heavy atom. The molecule has 0 saturated carbocycles. The van der Waals surface area contributed by atoms with Crippen LogP contribution in [0.15, 0.2) is 0 Å². The standard InChI is InChI=1S/C14H27N5O5S/c1-8(12(21)19-10(7-25)14(23)24)17-13(22)9(4-2-3-5-15)18-11(20)6-16/h8-10,25H,2-7,15-16H2,1H3,(H,17,22)(H,18,20)(H,19,21)(H,23,24). The van der Waals surface area contributed by atoms with Crippen LogP contribution in [0.4, 0.5) is 0 Å². The van der Waals surface area contributed by atoms with Gasteiger partial charge in [0.2, 0.25) is 17.7 Å². The molecule has 0 spiro atoms. The molecule has 0 aliphatic carbocycles. The number of carbonyl (C=O) groups excluding carboxylic acids is 3. The highest BCUT2D eigenvalue weighted by molar-refractivity contribution is 7.80. The third-order valence-corrected chi connectivity index (χ3v) is 3.70. The number of aliphatic carboxylic acids is 1. The zero-order valence-electron chi connectivity index (χ0n) is 14.2. The minimum absolute atomic E-state index is 0.0873. The van der Waals surface area contributed by atoms with E-state index < -0.39 is 41.8 Å². The third kappa shape index (κ3) is 9.27. The van der Waals surface area contributed by atoms with Gasteiger partial charge in [-0.25, -0.2) is 4.79 Å². The van der Waals surface area contributed by atoms with Gasteiger partial charge >= 0.3 is 5.97 Å². The summed E-state index contributed by atoms with van der Waals surface area (Å²) in [5.41, 5.74) is 10.6. The maximum Gasteiger partial charge on any atom is 0.327 e. The van der Waals surface area contributed by atoms with Crippen molar-refractivity contribution in [3.05, 3.63) is 0 Å². The lowest BCUT2D eigenvalue weighted by molar-refractivity contribution is -0.141. The molecule has 0 aromatic carbocycles. The Kier molecular flexibility index (Phi) is 11.6. The molecule has 0 aromatic heterocycles. The van der Waals surface area contributed by atoms with E-state index in [0.29, 0.717) is 25.8 Å². The first kappa shape index (κ1) is 23.1. The van der Waals surface area contributed by atoms with Crippen LogP contribution in [0.1, 0.15) is 26.2 Å². The summed E-state index contributed by atoms with van der Waals surface area (Å²) in [6, 6.07) is -2.99. The SMILES string of the molecule is CC(NC(=O)C(CCCCN)NC(=O)CN)C(=O)NC(CS)C(=O)O. The largest absolute Gasteiger partial charge is 0.480 e. The van der Waals surface area contributed by atoms with Crippen LogP contribution in [-0.4, -0.2) is 65.8 Å². The normalized spacial score (nSPS) is 14.1. The molecule has 8 N–H and O–H groups in total. The Bertz CT molecular complexity index is 477. The fourth-order valence-electron chi connectivity index (χ4n) is 1.88. The minimum atomic E-state index is -1.23. The van der Waals surface area contributed by atoms with Crippen LogP contribution in [0.5, 0.6) is 0 Å². The number of carboxylic acids is 1. The maximum atomic E-state index is 12.3. The van der Waals surface area contributed by atoms with Crippen LogP contribution in [0.2, 0.25) is 0 Å². The number of carbonyl (C=O) groups is 4. The van der Waals surface area contributed by atoms with E-state index in [2.05, 4.69) is 28.6 Å². The van der Waals surface area contributed by atoms with E-state index in [-0.39, 0.29) is 12.3 Å². The minimum Gasteiger partial charge on any atom is -0.480 e. The van der Waals surface area contributed by atoms with Crippen LogP contribution in [0.3, 0.4) is 0 Å². The fourth-order valence-corrected chi connectivity index (χ4v) is 2.12. The Morgan fingerprint density at radius 3 is 2.12 bits per heavy atom.